The van der Waals surface area contributed by atoms with Crippen molar-refractivity contribution >= 4 is 34.2 Å². The van der Waals surface area contributed by atoms with Crippen LogP contribution in [0.4, 0.5) is 0 Å². The first kappa shape index (κ1) is 11.3. The third kappa shape index (κ3) is 2.26. The number of halogens is 2. The molecule has 2 aromatic rings. The molecule has 2 aromatic heterocycles. The van der Waals surface area contributed by atoms with Crippen LogP contribution in [0.3, 0.4) is 0 Å². The Balaban J connectivity index is 2.12. The van der Waals surface area contributed by atoms with Gasteiger partial charge in [-0.1, -0.05) is 11.6 Å². The van der Waals surface area contributed by atoms with E-state index in [2.05, 4.69) is 42.5 Å². The predicted molar refractivity (Wildman–Crippen MR) is 72.8 cm³/mol. The first-order chi connectivity index (χ1) is 8.25. The number of nitrogens with zero attached hydrogens (tertiary/aromatic N) is 4. The van der Waals surface area contributed by atoms with E-state index in [0.29, 0.717) is 22.6 Å². The van der Waals surface area contributed by atoms with Crippen molar-refractivity contribution in [3.8, 4) is 11.5 Å². The van der Waals surface area contributed by atoms with Crippen LogP contribution in [0.5, 0.6) is 0 Å². The van der Waals surface area contributed by atoms with Crippen molar-refractivity contribution in [3.63, 3.8) is 0 Å². The Bertz CT molecular complexity index is 557. The molecule has 1 saturated carbocycles. The fourth-order valence-electron chi connectivity index (χ4n) is 1.59. The zero-order valence-corrected chi connectivity index (χ0v) is 11.7. The van der Waals surface area contributed by atoms with Gasteiger partial charge in [0.25, 0.3) is 0 Å². The van der Waals surface area contributed by atoms with Crippen LogP contribution in [-0.2, 0) is 0 Å². The Kier molecular flexibility index (Phi) is 2.96. The van der Waals surface area contributed by atoms with Gasteiger partial charge < -0.3 is 0 Å². The molecule has 86 valence electrons. The van der Waals surface area contributed by atoms with Gasteiger partial charge in [-0.3, -0.25) is 4.98 Å². The maximum Gasteiger partial charge on any atom is 0.181 e. The maximum atomic E-state index is 6.13. The van der Waals surface area contributed by atoms with Crippen LogP contribution in [0.15, 0.2) is 18.6 Å². The largest absolute Gasteiger partial charge is 0.261 e. The predicted octanol–water partition coefficient (Wildman–Crippen LogP) is 3.07. The second-order valence-electron chi connectivity index (χ2n) is 3.90. The van der Waals surface area contributed by atoms with E-state index in [9.17, 15) is 0 Å². The summed E-state index contributed by atoms with van der Waals surface area (Å²) in [5, 5.41) is 0.503. The SMILES string of the molecule is Clc1nc(-c2cnccn2)nc(C2CC2)c1I. The average molecular weight is 359 g/mol. The summed E-state index contributed by atoms with van der Waals surface area (Å²) in [6, 6.07) is 0. The van der Waals surface area contributed by atoms with E-state index in [0.717, 1.165) is 9.26 Å². The minimum Gasteiger partial charge on any atom is -0.261 e. The Morgan fingerprint density at radius 1 is 1.24 bits per heavy atom. The van der Waals surface area contributed by atoms with E-state index in [4.69, 9.17) is 11.6 Å². The Morgan fingerprint density at radius 2 is 2.06 bits per heavy atom. The first-order valence-corrected chi connectivity index (χ1v) is 6.70. The van der Waals surface area contributed by atoms with E-state index in [1.165, 1.54) is 12.8 Å². The Morgan fingerprint density at radius 3 is 2.71 bits per heavy atom. The molecule has 4 nitrogen and oxygen atoms in total. The van der Waals surface area contributed by atoms with Gasteiger partial charge in [-0.25, -0.2) is 15.0 Å². The minimum absolute atomic E-state index is 0.503. The number of hydrogen-bond acceptors (Lipinski definition) is 4. The average Bonchev–Trinajstić information content (AvgIpc) is 3.18. The van der Waals surface area contributed by atoms with Crippen LogP contribution >= 0.6 is 34.2 Å². The maximum absolute atomic E-state index is 6.13. The second kappa shape index (κ2) is 4.45. The highest BCUT2D eigenvalue weighted by Gasteiger charge is 2.29. The van der Waals surface area contributed by atoms with Gasteiger partial charge in [0.05, 0.1) is 15.5 Å². The highest BCUT2D eigenvalue weighted by Crippen LogP contribution is 2.42. The fraction of sp³-hybridized carbons (Fsp3) is 0.273. The van der Waals surface area contributed by atoms with Crippen molar-refractivity contribution in [1.29, 1.82) is 0 Å². The molecule has 0 spiro atoms. The lowest BCUT2D eigenvalue weighted by Crippen LogP contribution is -2.00. The van der Waals surface area contributed by atoms with Crippen LogP contribution in [-0.4, -0.2) is 19.9 Å². The smallest absolute Gasteiger partial charge is 0.181 e. The molecule has 0 saturated heterocycles. The van der Waals surface area contributed by atoms with Gasteiger partial charge >= 0.3 is 0 Å². The molecule has 0 N–H and O–H groups in total. The highest BCUT2D eigenvalue weighted by atomic mass is 127. The zero-order valence-electron chi connectivity index (χ0n) is 8.77. The molecule has 6 heteroatoms. The van der Waals surface area contributed by atoms with Crippen LogP contribution in [0.25, 0.3) is 11.5 Å². The zero-order chi connectivity index (χ0) is 11.8. The molecular formula is C11H8ClIN4. The lowest BCUT2D eigenvalue weighted by Gasteiger charge is -2.06. The molecular weight excluding hydrogens is 351 g/mol. The van der Waals surface area contributed by atoms with Gasteiger partial charge in [-0.05, 0) is 35.4 Å². The molecule has 3 rings (SSSR count). The molecule has 1 aliphatic rings. The van der Waals surface area contributed by atoms with Crippen LogP contribution in [0.1, 0.15) is 24.5 Å². The highest BCUT2D eigenvalue weighted by molar-refractivity contribution is 14.1. The molecule has 0 atom stereocenters. The lowest BCUT2D eigenvalue weighted by molar-refractivity contribution is 0.969. The molecule has 0 aromatic carbocycles. The van der Waals surface area contributed by atoms with E-state index < -0.39 is 0 Å². The molecule has 1 fully saturated rings. The van der Waals surface area contributed by atoms with Crippen molar-refractivity contribution in [3.05, 3.63) is 33.0 Å². The lowest BCUT2D eigenvalue weighted by atomic mass is 10.3. The second-order valence-corrected chi connectivity index (χ2v) is 5.34. The number of rotatable bonds is 2. The third-order valence-electron chi connectivity index (χ3n) is 2.59. The summed E-state index contributed by atoms with van der Waals surface area (Å²) in [4.78, 5) is 17.0. The number of hydrogen-bond donors (Lipinski definition) is 0. The molecule has 17 heavy (non-hydrogen) atoms. The summed E-state index contributed by atoms with van der Waals surface area (Å²) in [5.74, 6) is 1.10. The quantitative estimate of drug-likeness (QED) is 0.611. The fourth-order valence-corrected chi connectivity index (χ4v) is 2.45. The Labute approximate surface area is 117 Å². The van der Waals surface area contributed by atoms with E-state index in [1.807, 2.05) is 0 Å². The molecule has 0 amide bonds. The minimum atomic E-state index is 0.503. The molecule has 0 bridgehead atoms. The van der Waals surface area contributed by atoms with Gasteiger partial charge in [-0.2, -0.15) is 0 Å². The standard InChI is InChI=1S/C11H8ClIN4/c12-10-8(13)9(6-1-2-6)16-11(17-10)7-5-14-3-4-15-7/h3-6H,1-2H2. The first-order valence-electron chi connectivity index (χ1n) is 5.25. The Hall–Kier alpha value is -0.820. The van der Waals surface area contributed by atoms with Crippen molar-refractivity contribution in [2.24, 2.45) is 0 Å². The summed E-state index contributed by atoms with van der Waals surface area (Å²) < 4.78 is 0.958. The summed E-state index contributed by atoms with van der Waals surface area (Å²) in [6.07, 6.45) is 7.27. The molecule has 0 unspecified atom stereocenters. The van der Waals surface area contributed by atoms with Crippen LogP contribution < -0.4 is 0 Å². The summed E-state index contributed by atoms with van der Waals surface area (Å²) in [5.41, 5.74) is 1.71. The molecule has 0 radical (unpaired) electrons. The van der Waals surface area contributed by atoms with Crippen molar-refractivity contribution in [2.45, 2.75) is 18.8 Å². The van der Waals surface area contributed by atoms with E-state index in [-0.39, 0.29) is 0 Å². The van der Waals surface area contributed by atoms with E-state index >= 15 is 0 Å². The molecule has 2 heterocycles. The molecule has 1 aliphatic carbocycles. The van der Waals surface area contributed by atoms with Crippen molar-refractivity contribution < 1.29 is 0 Å². The van der Waals surface area contributed by atoms with Crippen molar-refractivity contribution in [2.75, 3.05) is 0 Å². The summed E-state index contributed by atoms with van der Waals surface area (Å²) >= 11 is 8.34. The van der Waals surface area contributed by atoms with Crippen LogP contribution in [0.2, 0.25) is 5.15 Å². The van der Waals surface area contributed by atoms with E-state index in [1.54, 1.807) is 18.6 Å². The summed E-state index contributed by atoms with van der Waals surface area (Å²) in [6.45, 7) is 0. The van der Waals surface area contributed by atoms with Gasteiger partial charge in [0.2, 0.25) is 0 Å². The van der Waals surface area contributed by atoms with Crippen LogP contribution in [0, 0.1) is 3.57 Å². The van der Waals surface area contributed by atoms with Gasteiger partial charge in [0.15, 0.2) is 5.82 Å². The molecule has 0 aliphatic heterocycles. The monoisotopic (exact) mass is 358 g/mol. The van der Waals surface area contributed by atoms with Gasteiger partial charge in [0, 0.05) is 18.3 Å². The number of aromatic nitrogens is 4. The van der Waals surface area contributed by atoms with Gasteiger partial charge in [0.1, 0.15) is 10.8 Å². The normalized spacial score (nSPS) is 14.9. The van der Waals surface area contributed by atoms with Crippen molar-refractivity contribution in [1.82, 2.24) is 19.9 Å². The third-order valence-corrected chi connectivity index (χ3v) is 4.25. The van der Waals surface area contributed by atoms with Gasteiger partial charge in [-0.15, -0.1) is 0 Å². The summed E-state index contributed by atoms with van der Waals surface area (Å²) in [7, 11) is 0. The topological polar surface area (TPSA) is 51.6 Å².